The van der Waals surface area contributed by atoms with Gasteiger partial charge in [0.25, 0.3) is 0 Å². The van der Waals surface area contributed by atoms with E-state index in [1.807, 2.05) is 25.7 Å². The van der Waals surface area contributed by atoms with Gasteiger partial charge in [-0.15, -0.1) is 5.11 Å². The number of hydrogen-bond acceptors (Lipinski definition) is 7. The van der Waals surface area contributed by atoms with Crippen LogP contribution in [0.15, 0.2) is 40.7 Å². The Morgan fingerprint density at radius 1 is 1.00 bits per heavy atom. The summed E-state index contributed by atoms with van der Waals surface area (Å²) < 4.78 is 87.5. The topological polar surface area (TPSA) is 72.8 Å². The molecule has 1 aliphatic carbocycles. The second kappa shape index (κ2) is 14.0. The minimum Gasteiger partial charge on any atom is -0.446 e. The maximum absolute atomic E-state index is 13.6. The molecule has 2 aliphatic heterocycles. The molecular formula is C33H42F6N6O2. The number of benzene rings is 2. The lowest BCUT2D eigenvalue weighted by Gasteiger charge is -2.38. The molecule has 0 bridgehead atoms. The van der Waals surface area contributed by atoms with E-state index < -0.39 is 35.9 Å². The smallest absolute Gasteiger partial charge is 0.416 e. The van der Waals surface area contributed by atoms with Crippen molar-refractivity contribution in [2.75, 3.05) is 25.0 Å². The van der Waals surface area contributed by atoms with Gasteiger partial charge in [0, 0.05) is 26.2 Å². The lowest BCUT2D eigenvalue weighted by atomic mass is 9.92. The Hall–Kier alpha value is -3.39. The number of hydrazine groups is 1. The van der Waals surface area contributed by atoms with E-state index in [1.54, 1.807) is 11.9 Å². The number of rotatable bonds is 8. The van der Waals surface area contributed by atoms with E-state index in [9.17, 15) is 31.1 Å². The summed E-state index contributed by atoms with van der Waals surface area (Å²) in [4.78, 5) is 17.3. The number of hydrogen-bond donors (Lipinski definition) is 1. The summed E-state index contributed by atoms with van der Waals surface area (Å²) in [7, 11) is 1.66. The first-order chi connectivity index (χ1) is 22.1. The Balaban J connectivity index is 1.46. The number of nitrogens with one attached hydrogen (secondary N) is 1. The third kappa shape index (κ3) is 8.19. The van der Waals surface area contributed by atoms with Gasteiger partial charge in [-0.3, -0.25) is 9.80 Å². The van der Waals surface area contributed by atoms with Crippen LogP contribution < -0.4 is 10.3 Å². The normalized spacial score (nSPS) is 20.8. The molecule has 0 saturated heterocycles. The van der Waals surface area contributed by atoms with Gasteiger partial charge < -0.3 is 4.74 Å². The maximum Gasteiger partial charge on any atom is 0.416 e. The molecule has 14 heteroatoms. The first-order valence-corrected chi connectivity index (χ1v) is 16.2. The van der Waals surface area contributed by atoms with Crippen molar-refractivity contribution in [1.82, 2.24) is 15.4 Å². The molecule has 1 N–H and O–H groups in total. The van der Waals surface area contributed by atoms with Crippen LogP contribution in [0.3, 0.4) is 0 Å². The third-order valence-electron chi connectivity index (χ3n) is 9.26. The van der Waals surface area contributed by atoms with Gasteiger partial charge in [-0.05, 0) is 104 Å². The van der Waals surface area contributed by atoms with E-state index in [4.69, 9.17) is 4.74 Å². The van der Waals surface area contributed by atoms with Gasteiger partial charge in [0.05, 0.1) is 16.8 Å². The molecule has 0 saturated carbocycles. The van der Waals surface area contributed by atoms with E-state index in [0.29, 0.717) is 32.2 Å². The molecule has 2 aromatic rings. The number of aryl methyl sites for hydroxylation is 2. The maximum atomic E-state index is 13.6. The summed E-state index contributed by atoms with van der Waals surface area (Å²) in [5.41, 5.74) is 4.50. The monoisotopic (exact) mass is 668 g/mol. The molecule has 5 rings (SSSR count). The average molecular weight is 669 g/mol. The molecule has 47 heavy (non-hydrogen) atoms. The van der Waals surface area contributed by atoms with Crippen LogP contribution in [0.4, 0.5) is 36.8 Å². The second-order valence-electron chi connectivity index (χ2n) is 13.0. The quantitative estimate of drug-likeness (QED) is 0.289. The van der Waals surface area contributed by atoms with Gasteiger partial charge in [0.15, 0.2) is 6.29 Å². The van der Waals surface area contributed by atoms with Crippen molar-refractivity contribution in [2.24, 2.45) is 16.3 Å². The van der Waals surface area contributed by atoms with Crippen LogP contribution in [-0.4, -0.2) is 54.7 Å². The number of halogens is 6. The van der Waals surface area contributed by atoms with Crippen LogP contribution in [0.1, 0.15) is 79.8 Å². The minimum atomic E-state index is -4.93. The summed E-state index contributed by atoms with van der Waals surface area (Å²) >= 11 is 0. The van der Waals surface area contributed by atoms with Gasteiger partial charge in [-0.25, -0.2) is 9.91 Å². The Labute approximate surface area is 271 Å². The predicted molar refractivity (Wildman–Crippen MR) is 164 cm³/mol. The van der Waals surface area contributed by atoms with E-state index >= 15 is 0 Å². The molecule has 258 valence electrons. The van der Waals surface area contributed by atoms with Crippen LogP contribution >= 0.6 is 0 Å². The summed E-state index contributed by atoms with van der Waals surface area (Å²) in [6.45, 7) is 6.53. The van der Waals surface area contributed by atoms with Crippen LogP contribution in [0.5, 0.6) is 0 Å². The van der Waals surface area contributed by atoms with Crippen molar-refractivity contribution >= 4 is 11.8 Å². The van der Waals surface area contributed by atoms with Crippen molar-refractivity contribution in [1.29, 1.82) is 0 Å². The molecule has 3 atom stereocenters. The van der Waals surface area contributed by atoms with Crippen molar-refractivity contribution < 1.29 is 35.9 Å². The van der Waals surface area contributed by atoms with Gasteiger partial charge >= 0.3 is 18.4 Å². The lowest BCUT2D eigenvalue weighted by Crippen LogP contribution is -2.52. The summed E-state index contributed by atoms with van der Waals surface area (Å²) in [5.74, 6) is 0.159. The highest BCUT2D eigenvalue weighted by atomic mass is 19.4. The van der Waals surface area contributed by atoms with E-state index in [-0.39, 0.29) is 42.7 Å². The number of fused-ring (bicyclic) bond motifs is 2. The Morgan fingerprint density at radius 3 is 2.23 bits per heavy atom. The highest BCUT2D eigenvalue weighted by Crippen LogP contribution is 2.38. The molecule has 8 nitrogen and oxygen atoms in total. The predicted octanol–water partition coefficient (Wildman–Crippen LogP) is 7.94. The standard InChI is InChI=1S/C33H42F6N6O2/c1-5-29(20(2)3)47-31(46)45-12-7-10-27(17-24-16-22-8-6-9-23(22)18-28(24)45)44(30-40-42-43(4)41-30)13-11-21-14-25(32(34,35)36)19-26(15-21)33(37,38)39/h14-16,18-20,27,29-30,41H,5-13,17H2,1-4H3. The molecule has 0 aromatic heterocycles. The van der Waals surface area contributed by atoms with Gasteiger partial charge in [0.2, 0.25) is 0 Å². The molecule has 1 amide bonds. The third-order valence-corrected chi connectivity index (χ3v) is 9.26. The highest BCUT2D eigenvalue weighted by Gasteiger charge is 2.38. The number of amides is 1. The van der Waals surface area contributed by atoms with Gasteiger partial charge in [-0.1, -0.05) is 32.1 Å². The Morgan fingerprint density at radius 2 is 1.66 bits per heavy atom. The zero-order valence-corrected chi connectivity index (χ0v) is 27.1. The van der Waals surface area contributed by atoms with Crippen LogP contribution in [0, 0.1) is 5.92 Å². The minimum absolute atomic E-state index is 0.0749. The number of alkyl halides is 6. The average Bonchev–Trinajstić information content (AvgIpc) is 3.63. The zero-order valence-electron chi connectivity index (χ0n) is 27.1. The molecule has 0 radical (unpaired) electrons. The molecular weight excluding hydrogens is 626 g/mol. The summed E-state index contributed by atoms with van der Waals surface area (Å²) in [6, 6.07) is 5.74. The number of anilines is 1. The van der Waals surface area contributed by atoms with Crippen molar-refractivity contribution in [3.05, 3.63) is 63.7 Å². The fraction of sp³-hybridized carbons (Fsp3) is 0.606. The van der Waals surface area contributed by atoms with Gasteiger partial charge in [0.1, 0.15) is 6.10 Å². The largest absolute Gasteiger partial charge is 0.446 e. The van der Waals surface area contributed by atoms with Crippen LogP contribution in [0.2, 0.25) is 0 Å². The van der Waals surface area contributed by atoms with Crippen molar-refractivity contribution in [3.63, 3.8) is 0 Å². The SMILES string of the molecule is CCC(OC(=O)N1CCCC(N(CCc2cc(C(F)(F)F)cc(C(F)(F)F)c2)C2N=NN(C)N2)Cc2cc3c(cc21)CCC3)C(C)C. The fourth-order valence-electron chi connectivity index (χ4n) is 6.81. The second-order valence-corrected chi connectivity index (χ2v) is 13.0. The van der Waals surface area contributed by atoms with Crippen LogP contribution in [-0.2, 0) is 42.8 Å². The number of carbonyl (C=O) groups is 1. The van der Waals surface area contributed by atoms with Crippen LogP contribution in [0.25, 0.3) is 0 Å². The van der Waals surface area contributed by atoms with Gasteiger partial charge in [-0.2, -0.15) is 31.8 Å². The van der Waals surface area contributed by atoms with Crippen molar-refractivity contribution in [2.45, 2.75) is 103 Å². The van der Waals surface area contributed by atoms with E-state index in [0.717, 1.165) is 42.6 Å². The lowest BCUT2D eigenvalue weighted by molar-refractivity contribution is -0.143. The zero-order chi connectivity index (χ0) is 34.1. The number of nitrogens with zero attached hydrogens (tertiary/aromatic N) is 5. The molecule has 2 heterocycles. The first kappa shape index (κ1) is 34.9. The number of ether oxygens (including phenoxy) is 1. The summed E-state index contributed by atoms with van der Waals surface area (Å²) in [6.07, 6.45) is -6.01. The Bertz CT molecular complexity index is 1430. The first-order valence-electron chi connectivity index (χ1n) is 16.2. The van der Waals surface area contributed by atoms with E-state index in [2.05, 4.69) is 27.9 Å². The molecule has 0 spiro atoms. The summed E-state index contributed by atoms with van der Waals surface area (Å²) in [5, 5.41) is 9.77. The molecule has 3 unspecified atom stereocenters. The highest BCUT2D eigenvalue weighted by molar-refractivity contribution is 5.89. The fourth-order valence-corrected chi connectivity index (χ4v) is 6.81. The molecule has 3 aliphatic rings. The molecule has 2 aromatic carbocycles. The molecule has 0 fully saturated rings. The van der Waals surface area contributed by atoms with Crippen molar-refractivity contribution in [3.8, 4) is 0 Å². The number of carbonyl (C=O) groups excluding carboxylic acids is 1. The Kier molecular flexibility index (Phi) is 10.4. The van der Waals surface area contributed by atoms with E-state index in [1.165, 1.54) is 16.2 Å².